The van der Waals surface area contributed by atoms with Crippen molar-refractivity contribution in [2.45, 2.75) is 6.61 Å². The van der Waals surface area contributed by atoms with E-state index in [1.54, 1.807) is 12.4 Å². The van der Waals surface area contributed by atoms with Gasteiger partial charge in [-0.1, -0.05) is 12.1 Å². The van der Waals surface area contributed by atoms with Crippen molar-refractivity contribution >= 4 is 10.8 Å². The van der Waals surface area contributed by atoms with Crippen LogP contribution in [0.15, 0.2) is 30.6 Å². The van der Waals surface area contributed by atoms with Gasteiger partial charge in [0.25, 0.3) is 0 Å². The van der Waals surface area contributed by atoms with Gasteiger partial charge in [0.05, 0.1) is 19.0 Å². The molecule has 1 heterocycles. The van der Waals surface area contributed by atoms with Gasteiger partial charge in [0, 0.05) is 10.8 Å². The topological polar surface area (TPSA) is 61.0 Å². The van der Waals surface area contributed by atoms with Gasteiger partial charge in [0.2, 0.25) is 0 Å². The molecule has 2 N–H and O–H groups in total. The monoisotopic (exact) mass is 175 g/mol. The molecule has 66 valence electrons. The Labute approximate surface area is 75.3 Å². The maximum atomic E-state index is 4.98. The van der Waals surface area contributed by atoms with Crippen LogP contribution in [0.4, 0.5) is 0 Å². The highest BCUT2D eigenvalue weighted by Crippen LogP contribution is 2.13. The van der Waals surface area contributed by atoms with E-state index in [-0.39, 0.29) is 0 Å². The van der Waals surface area contributed by atoms with Gasteiger partial charge in [-0.05, 0) is 11.6 Å². The molecule has 0 fully saturated rings. The molecule has 13 heavy (non-hydrogen) atoms. The van der Waals surface area contributed by atoms with Crippen molar-refractivity contribution in [3.05, 3.63) is 36.2 Å². The van der Waals surface area contributed by atoms with Crippen molar-refractivity contribution < 1.29 is 4.84 Å². The van der Waals surface area contributed by atoms with E-state index in [2.05, 4.69) is 15.0 Å². The zero-order valence-electron chi connectivity index (χ0n) is 6.97. The van der Waals surface area contributed by atoms with Crippen molar-refractivity contribution in [3.8, 4) is 0 Å². The van der Waals surface area contributed by atoms with E-state index in [9.17, 15) is 0 Å². The largest absolute Gasteiger partial charge is 0.300 e. The number of fused-ring (bicyclic) bond motifs is 1. The summed E-state index contributed by atoms with van der Waals surface area (Å²) in [5.74, 6) is 4.98. The summed E-state index contributed by atoms with van der Waals surface area (Å²) in [6.07, 6.45) is 3.44. The summed E-state index contributed by atoms with van der Waals surface area (Å²) in [6.45, 7) is 0.415. The van der Waals surface area contributed by atoms with E-state index in [0.717, 1.165) is 16.3 Å². The predicted octanol–water partition coefficient (Wildman–Crippen LogP) is 1.02. The molecule has 0 bridgehead atoms. The lowest BCUT2D eigenvalue weighted by Crippen LogP contribution is -1.98. The minimum absolute atomic E-state index is 0.415. The molecule has 4 heteroatoms. The third-order valence-corrected chi connectivity index (χ3v) is 1.86. The summed E-state index contributed by atoms with van der Waals surface area (Å²) in [6, 6.07) is 5.91. The van der Waals surface area contributed by atoms with E-state index in [0.29, 0.717) is 6.61 Å². The van der Waals surface area contributed by atoms with Crippen LogP contribution >= 0.6 is 0 Å². The maximum Gasteiger partial charge on any atom is 0.0930 e. The summed E-state index contributed by atoms with van der Waals surface area (Å²) < 4.78 is 0. The first-order valence-electron chi connectivity index (χ1n) is 3.91. The van der Waals surface area contributed by atoms with E-state index in [4.69, 9.17) is 5.90 Å². The molecule has 0 saturated carbocycles. The van der Waals surface area contributed by atoms with Gasteiger partial charge in [0.15, 0.2) is 0 Å². The predicted molar refractivity (Wildman–Crippen MR) is 48.5 cm³/mol. The van der Waals surface area contributed by atoms with Gasteiger partial charge in [-0.3, -0.25) is 4.84 Å². The normalized spacial score (nSPS) is 10.5. The fourth-order valence-electron chi connectivity index (χ4n) is 1.23. The average Bonchev–Trinajstić information content (AvgIpc) is 2.18. The molecule has 0 radical (unpaired) electrons. The third kappa shape index (κ3) is 1.63. The lowest BCUT2D eigenvalue weighted by atomic mass is 10.1. The number of benzene rings is 1. The van der Waals surface area contributed by atoms with Gasteiger partial charge >= 0.3 is 0 Å². The molecule has 0 saturated heterocycles. The van der Waals surface area contributed by atoms with Gasteiger partial charge in [-0.15, -0.1) is 0 Å². The Hall–Kier alpha value is -1.52. The Morgan fingerprint density at radius 3 is 2.69 bits per heavy atom. The molecule has 4 nitrogen and oxygen atoms in total. The molecule has 0 unspecified atom stereocenters. The first-order valence-corrected chi connectivity index (χ1v) is 3.91. The Balaban J connectivity index is 2.49. The number of nitrogens with two attached hydrogens (primary N) is 1. The molecule has 0 aliphatic carbocycles. The van der Waals surface area contributed by atoms with Crippen LogP contribution in [-0.2, 0) is 11.4 Å². The number of hydrogen-bond acceptors (Lipinski definition) is 4. The van der Waals surface area contributed by atoms with Crippen LogP contribution in [0.25, 0.3) is 10.8 Å². The Morgan fingerprint density at radius 1 is 1.15 bits per heavy atom. The van der Waals surface area contributed by atoms with Crippen LogP contribution in [0.5, 0.6) is 0 Å². The molecular weight excluding hydrogens is 166 g/mol. The molecular formula is C9H9N3O. The zero-order valence-corrected chi connectivity index (χ0v) is 6.97. The van der Waals surface area contributed by atoms with Gasteiger partial charge in [0.1, 0.15) is 0 Å². The molecule has 0 aliphatic heterocycles. The van der Waals surface area contributed by atoms with Crippen LogP contribution < -0.4 is 5.90 Å². The molecule has 0 amide bonds. The summed E-state index contributed by atoms with van der Waals surface area (Å²) >= 11 is 0. The molecule has 1 aromatic heterocycles. The third-order valence-electron chi connectivity index (χ3n) is 1.86. The van der Waals surface area contributed by atoms with Crippen LogP contribution in [0.3, 0.4) is 0 Å². The summed E-state index contributed by atoms with van der Waals surface area (Å²) in [4.78, 5) is 4.54. The van der Waals surface area contributed by atoms with Crippen molar-refractivity contribution in [1.82, 2.24) is 10.2 Å². The zero-order chi connectivity index (χ0) is 9.10. The summed E-state index contributed by atoms with van der Waals surface area (Å²) in [5.41, 5.74) is 1.03. The highest BCUT2D eigenvalue weighted by Gasteiger charge is 1.95. The van der Waals surface area contributed by atoms with E-state index in [1.165, 1.54) is 0 Å². The smallest absolute Gasteiger partial charge is 0.0930 e. The molecule has 1 aromatic carbocycles. The molecule has 2 aromatic rings. The minimum Gasteiger partial charge on any atom is -0.300 e. The van der Waals surface area contributed by atoms with Crippen LogP contribution in [-0.4, -0.2) is 10.2 Å². The van der Waals surface area contributed by atoms with Gasteiger partial charge < -0.3 is 0 Å². The lowest BCUT2D eigenvalue weighted by molar-refractivity contribution is 0.124. The molecule has 2 rings (SSSR count). The average molecular weight is 175 g/mol. The maximum absolute atomic E-state index is 4.98. The second-order valence-corrected chi connectivity index (χ2v) is 2.76. The second kappa shape index (κ2) is 3.47. The van der Waals surface area contributed by atoms with E-state index < -0.39 is 0 Å². The van der Waals surface area contributed by atoms with Crippen molar-refractivity contribution in [1.29, 1.82) is 0 Å². The standard InChI is InChI=1S/C9H9N3O/c10-13-6-7-1-2-8-4-11-12-5-9(8)3-7/h1-5H,6,10H2. The molecule has 0 spiro atoms. The van der Waals surface area contributed by atoms with Crippen molar-refractivity contribution in [3.63, 3.8) is 0 Å². The SMILES string of the molecule is NOCc1ccc2cnncc2c1. The molecule has 0 aliphatic rings. The Kier molecular flexibility index (Phi) is 2.16. The quantitative estimate of drug-likeness (QED) is 0.692. The number of nitrogens with zero attached hydrogens (tertiary/aromatic N) is 2. The second-order valence-electron chi connectivity index (χ2n) is 2.76. The van der Waals surface area contributed by atoms with Crippen molar-refractivity contribution in [2.75, 3.05) is 0 Å². The summed E-state index contributed by atoms with van der Waals surface area (Å²) in [5, 5.41) is 9.69. The van der Waals surface area contributed by atoms with Gasteiger partial charge in [-0.2, -0.15) is 10.2 Å². The lowest BCUT2D eigenvalue weighted by Gasteiger charge is -2.00. The number of aromatic nitrogens is 2. The summed E-state index contributed by atoms with van der Waals surface area (Å²) in [7, 11) is 0. The van der Waals surface area contributed by atoms with Crippen LogP contribution in [0, 0.1) is 0 Å². The highest BCUT2D eigenvalue weighted by atomic mass is 16.6. The van der Waals surface area contributed by atoms with Crippen molar-refractivity contribution in [2.24, 2.45) is 5.90 Å². The first kappa shape index (κ1) is 8.10. The number of hydrogen-bond donors (Lipinski definition) is 1. The van der Waals surface area contributed by atoms with Crippen LogP contribution in [0.2, 0.25) is 0 Å². The van der Waals surface area contributed by atoms with E-state index in [1.807, 2.05) is 18.2 Å². The first-order chi connectivity index (χ1) is 6.40. The van der Waals surface area contributed by atoms with Gasteiger partial charge in [-0.25, -0.2) is 5.90 Å². The number of rotatable bonds is 2. The minimum atomic E-state index is 0.415. The Bertz CT molecular complexity index is 416. The van der Waals surface area contributed by atoms with E-state index >= 15 is 0 Å². The highest BCUT2D eigenvalue weighted by molar-refractivity contribution is 5.81. The Morgan fingerprint density at radius 2 is 1.92 bits per heavy atom. The van der Waals surface area contributed by atoms with Crippen LogP contribution in [0.1, 0.15) is 5.56 Å². The fraction of sp³-hybridized carbons (Fsp3) is 0.111. The fourth-order valence-corrected chi connectivity index (χ4v) is 1.23. The molecule has 0 atom stereocenters.